The number of carbonyl (C=O) groups excluding carboxylic acids is 2. The van der Waals surface area contributed by atoms with Gasteiger partial charge in [0.25, 0.3) is 0 Å². The minimum absolute atomic E-state index is 0.0279. The first-order chi connectivity index (χ1) is 18.3. The zero-order valence-corrected chi connectivity index (χ0v) is 22.5. The molecule has 1 heterocycles. The van der Waals surface area contributed by atoms with Gasteiger partial charge in [-0.3, -0.25) is 14.6 Å². The second-order valence-corrected chi connectivity index (χ2v) is 10.4. The Morgan fingerprint density at radius 3 is 2.37 bits per heavy atom. The van der Waals surface area contributed by atoms with Gasteiger partial charge in [0.2, 0.25) is 5.91 Å². The van der Waals surface area contributed by atoms with Gasteiger partial charge in [-0.1, -0.05) is 42.5 Å². The van der Waals surface area contributed by atoms with E-state index in [0.717, 1.165) is 52.6 Å². The van der Waals surface area contributed by atoms with Crippen molar-refractivity contribution in [3.8, 4) is 0 Å². The van der Waals surface area contributed by atoms with E-state index in [1.54, 1.807) is 6.20 Å². The molecule has 3 rings (SSSR count). The molecule has 0 bridgehead atoms. The summed E-state index contributed by atoms with van der Waals surface area (Å²) in [7, 11) is 2.13. The van der Waals surface area contributed by atoms with Crippen molar-refractivity contribution < 1.29 is 14.1 Å². The molecule has 2 atom stereocenters. The van der Waals surface area contributed by atoms with E-state index < -0.39 is 12.1 Å². The Bertz CT molecular complexity index is 1160. The van der Waals surface area contributed by atoms with Crippen LogP contribution in [0.3, 0.4) is 0 Å². The van der Waals surface area contributed by atoms with Crippen molar-refractivity contribution in [2.24, 2.45) is 17.2 Å². The molecule has 0 unspecified atom stereocenters. The number of benzene rings is 2. The Morgan fingerprint density at radius 2 is 1.66 bits per heavy atom. The van der Waals surface area contributed by atoms with E-state index in [1.165, 1.54) is 0 Å². The second kappa shape index (κ2) is 14.7. The number of carbonyl (C=O) groups is 2. The van der Waals surface area contributed by atoms with Gasteiger partial charge in [-0.25, -0.2) is 0 Å². The fourth-order valence-electron chi connectivity index (χ4n) is 4.89. The van der Waals surface area contributed by atoms with Crippen LogP contribution in [0, 0.1) is 0 Å². The van der Waals surface area contributed by atoms with Crippen molar-refractivity contribution >= 4 is 22.6 Å². The average molecular weight is 520 g/mol. The molecule has 8 heteroatoms. The van der Waals surface area contributed by atoms with Crippen LogP contribution in [0.1, 0.15) is 30.4 Å². The lowest BCUT2D eigenvalue weighted by Gasteiger charge is -2.34. The molecule has 204 valence electrons. The summed E-state index contributed by atoms with van der Waals surface area (Å²) >= 11 is 0. The second-order valence-electron chi connectivity index (χ2n) is 10.4. The number of nitrogens with zero attached hydrogens (tertiary/aromatic N) is 2. The maximum absolute atomic E-state index is 13.4. The fraction of sp³-hybridized carbons (Fsp3) is 0.433. The van der Waals surface area contributed by atoms with Gasteiger partial charge in [0.05, 0.1) is 44.3 Å². The molecule has 38 heavy (non-hydrogen) atoms. The van der Waals surface area contributed by atoms with Crippen molar-refractivity contribution in [3.05, 3.63) is 78.0 Å². The number of ketones is 1. The number of likely N-dealkylation sites (N-methyl/N-ethyl adjacent to an activating group) is 1. The fourth-order valence-corrected chi connectivity index (χ4v) is 4.89. The minimum atomic E-state index is -0.682. The molecule has 3 aromatic rings. The summed E-state index contributed by atoms with van der Waals surface area (Å²) in [4.78, 5) is 30.8. The molecular formula is C30H43N6O2+. The van der Waals surface area contributed by atoms with E-state index in [-0.39, 0.29) is 18.1 Å². The first-order valence-electron chi connectivity index (χ1n) is 13.5. The molecule has 0 aliphatic heterocycles. The van der Waals surface area contributed by atoms with Gasteiger partial charge in [-0.15, -0.1) is 0 Å². The lowest BCUT2D eigenvalue weighted by Crippen LogP contribution is -2.52. The Balaban J connectivity index is 1.63. The highest BCUT2D eigenvalue weighted by molar-refractivity contribution is 5.92. The normalized spacial score (nSPS) is 13.3. The van der Waals surface area contributed by atoms with Crippen LogP contribution >= 0.6 is 0 Å². The number of rotatable bonds is 16. The van der Waals surface area contributed by atoms with Crippen LogP contribution in [-0.2, 0) is 22.4 Å². The molecule has 0 saturated heterocycles. The standard InChI is InChI=1S/C30H42N6O2/c1-36(19-15-31,20-16-32)18-6-10-26(33)30(38)35-28(14-11-23-7-3-2-4-8-23)29(37)22-24-12-13-27-25(21-24)9-5-17-34-27/h2-5,7-9,12-13,17,21,26,28H,6,10-11,14-16,18-20,22,31-33H2,1H3/p+1/t26-,28-/m0/s1. The van der Waals surface area contributed by atoms with Crippen molar-refractivity contribution in [1.82, 2.24) is 10.3 Å². The number of hydrogen-bond acceptors (Lipinski definition) is 6. The number of nitrogens with two attached hydrogens (primary N) is 3. The predicted molar refractivity (Wildman–Crippen MR) is 153 cm³/mol. The number of quaternary nitrogens is 1. The van der Waals surface area contributed by atoms with Gasteiger partial charge in [-0.2, -0.15) is 0 Å². The van der Waals surface area contributed by atoms with Crippen LogP contribution in [0.15, 0.2) is 66.9 Å². The quantitative estimate of drug-likeness (QED) is 0.214. The molecule has 0 aliphatic carbocycles. The van der Waals surface area contributed by atoms with Crippen LogP contribution in [0.5, 0.6) is 0 Å². The van der Waals surface area contributed by atoms with E-state index in [9.17, 15) is 9.59 Å². The van der Waals surface area contributed by atoms with E-state index in [1.807, 2.05) is 60.7 Å². The summed E-state index contributed by atoms with van der Waals surface area (Å²) in [5.41, 5.74) is 20.7. The Labute approximate surface area is 226 Å². The van der Waals surface area contributed by atoms with Crippen LogP contribution in [-0.4, -0.2) is 73.0 Å². The molecule has 0 fully saturated rings. The van der Waals surface area contributed by atoms with Crippen molar-refractivity contribution in [2.45, 2.75) is 44.2 Å². The zero-order chi connectivity index (χ0) is 27.4. The minimum Gasteiger partial charge on any atom is -0.345 e. The van der Waals surface area contributed by atoms with E-state index in [2.05, 4.69) is 17.3 Å². The van der Waals surface area contributed by atoms with Crippen LogP contribution in [0.25, 0.3) is 10.9 Å². The maximum atomic E-state index is 13.4. The van der Waals surface area contributed by atoms with E-state index in [0.29, 0.717) is 32.4 Å². The topological polar surface area (TPSA) is 137 Å². The maximum Gasteiger partial charge on any atom is 0.237 e. The van der Waals surface area contributed by atoms with Crippen LogP contribution < -0.4 is 22.5 Å². The SMILES string of the molecule is C[N+](CCN)(CCN)CCC[C@H](N)C(=O)N[C@@H](CCc1ccccc1)C(=O)Cc1ccc2ncccc2c1. The molecule has 1 aromatic heterocycles. The largest absolute Gasteiger partial charge is 0.345 e. The Hall–Kier alpha value is -3.17. The van der Waals surface area contributed by atoms with E-state index >= 15 is 0 Å². The number of aromatic nitrogens is 1. The summed E-state index contributed by atoms with van der Waals surface area (Å²) in [5, 5.41) is 3.96. The summed E-state index contributed by atoms with van der Waals surface area (Å²) < 4.78 is 0.765. The van der Waals surface area contributed by atoms with Gasteiger partial charge in [-0.05, 0) is 55.0 Å². The van der Waals surface area contributed by atoms with Gasteiger partial charge < -0.3 is 27.0 Å². The third-order valence-electron chi connectivity index (χ3n) is 7.20. The molecule has 8 nitrogen and oxygen atoms in total. The average Bonchev–Trinajstić information content (AvgIpc) is 2.91. The molecule has 0 aliphatic rings. The predicted octanol–water partition coefficient (Wildman–Crippen LogP) is 1.94. The van der Waals surface area contributed by atoms with Gasteiger partial charge in [0.1, 0.15) is 0 Å². The molecule has 7 N–H and O–H groups in total. The highest BCUT2D eigenvalue weighted by Crippen LogP contribution is 2.16. The highest BCUT2D eigenvalue weighted by atomic mass is 16.2. The summed E-state index contributed by atoms with van der Waals surface area (Å²) in [6, 6.07) is 18.4. The van der Waals surface area contributed by atoms with Crippen molar-refractivity contribution in [1.29, 1.82) is 0 Å². The number of Topliss-reactive ketones (excluding diaryl/α,β-unsaturated/α-hetero) is 1. The van der Waals surface area contributed by atoms with Gasteiger partial charge in [0, 0.05) is 31.1 Å². The first kappa shape index (κ1) is 29.4. The number of pyridine rings is 1. The Kier molecular flexibility index (Phi) is 11.4. The lowest BCUT2D eigenvalue weighted by molar-refractivity contribution is -0.907. The van der Waals surface area contributed by atoms with Crippen LogP contribution in [0.4, 0.5) is 0 Å². The molecule has 0 radical (unpaired) electrons. The number of hydrogen-bond donors (Lipinski definition) is 4. The smallest absolute Gasteiger partial charge is 0.237 e. The van der Waals surface area contributed by atoms with Crippen molar-refractivity contribution in [2.75, 3.05) is 39.8 Å². The van der Waals surface area contributed by atoms with Crippen molar-refractivity contribution in [3.63, 3.8) is 0 Å². The van der Waals surface area contributed by atoms with Crippen LogP contribution in [0.2, 0.25) is 0 Å². The molecule has 0 saturated carbocycles. The summed E-state index contributed by atoms with van der Waals surface area (Å²) in [5.74, 6) is -0.314. The monoisotopic (exact) mass is 519 g/mol. The number of nitrogens with one attached hydrogen (secondary N) is 1. The third-order valence-corrected chi connectivity index (χ3v) is 7.20. The number of aryl methyl sites for hydroxylation is 1. The highest BCUT2D eigenvalue weighted by Gasteiger charge is 2.25. The molecular weight excluding hydrogens is 476 g/mol. The number of amides is 1. The number of fused-ring (bicyclic) bond motifs is 1. The molecule has 0 spiro atoms. The summed E-state index contributed by atoms with van der Waals surface area (Å²) in [6.07, 6.45) is 4.49. The van der Waals surface area contributed by atoms with Gasteiger partial charge >= 0.3 is 0 Å². The van der Waals surface area contributed by atoms with E-state index in [4.69, 9.17) is 17.2 Å². The third kappa shape index (κ3) is 8.99. The zero-order valence-electron chi connectivity index (χ0n) is 22.5. The first-order valence-corrected chi connectivity index (χ1v) is 13.5. The molecule has 2 aromatic carbocycles. The molecule has 1 amide bonds. The Morgan fingerprint density at radius 1 is 0.921 bits per heavy atom. The lowest BCUT2D eigenvalue weighted by atomic mass is 9.96. The van der Waals surface area contributed by atoms with Gasteiger partial charge in [0.15, 0.2) is 5.78 Å². The summed E-state index contributed by atoms with van der Waals surface area (Å²) in [6.45, 7) is 3.69.